The molecular formula is C12H13BrF3NO2. The summed E-state index contributed by atoms with van der Waals surface area (Å²) in [7, 11) is 0. The minimum Gasteiger partial charge on any atom is -0.444 e. The van der Waals surface area contributed by atoms with E-state index in [2.05, 4.69) is 21.2 Å². The second-order valence-electron chi connectivity index (χ2n) is 4.81. The number of benzene rings is 1. The molecule has 0 aromatic heterocycles. The Labute approximate surface area is 117 Å². The van der Waals surface area contributed by atoms with Crippen molar-refractivity contribution in [3.05, 3.63) is 28.2 Å². The van der Waals surface area contributed by atoms with E-state index in [4.69, 9.17) is 4.74 Å². The first-order chi connectivity index (χ1) is 8.49. The summed E-state index contributed by atoms with van der Waals surface area (Å²) in [5.41, 5.74) is -2.06. The quantitative estimate of drug-likeness (QED) is 0.796. The van der Waals surface area contributed by atoms with Crippen molar-refractivity contribution in [2.24, 2.45) is 0 Å². The van der Waals surface area contributed by atoms with Crippen LogP contribution < -0.4 is 5.32 Å². The van der Waals surface area contributed by atoms with Crippen LogP contribution in [-0.4, -0.2) is 11.7 Å². The van der Waals surface area contributed by atoms with Gasteiger partial charge in [-0.2, -0.15) is 13.2 Å². The van der Waals surface area contributed by atoms with Crippen LogP contribution in [0.5, 0.6) is 0 Å². The van der Waals surface area contributed by atoms with Crippen molar-refractivity contribution in [3.63, 3.8) is 0 Å². The Bertz CT molecular complexity index is 481. The molecule has 0 heterocycles. The molecule has 0 atom stereocenters. The average molecular weight is 340 g/mol. The molecule has 0 saturated heterocycles. The number of rotatable bonds is 1. The van der Waals surface area contributed by atoms with Gasteiger partial charge >= 0.3 is 12.3 Å². The lowest BCUT2D eigenvalue weighted by Crippen LogP contribution is -2.28. The maximum absolute atomic E-state index is 12.8. The Hall–Kier alpha value is -1.24. The van der Waals surface area contributed by atoms with Crippen molar-refractivity contribution >= 4 is 27.7 Å². The second-order valence-corrected chi connectivity index (χ2v) is 5.73. The predicted octanol–water partition coefficient (Wildman–Crippen LogP) is 4.81. The van der Waals surface area contributed by atoms with E-state index in [1.54, 1.807) is 20.8 Å². The van der Waals surface area contributed by atoms with E-state index in [-0.39, 0.29) is 10.2 Å². The van der Waals surface area contributed by atoms with Gasteiger partial charge in [-0.25, -0.2) is 4.79 Å². The molecule has 0 unspecified atom stereocenters. The first-order valence-electron chi connectivity index (χ1n) is 5.36. The first-order valence-corrected chi connectivity index (χ1v) is 6.15. The summed E-state index contributed by atoms with van der Waals surface area (Å²) in [6.07, 6.45) is -5.49. The number of ether oxygens (including phenoxy) is 1. The Morgan fingerprint density at radius 2 is 1.84 bits per heavy atom. The molecule has 1 rings (SSSR count). The van der Waals surface area contributed by atoms with Crippen LogP contribution >= 0.6 is 15.9 Å². The van der Waals surface area contributed by atoms with Crippen LogP contribution in [0, 0.1) is 0 Å². The minimum atomic E-state index is -4.56. The highest BCUT2D eigenvalue weighted by molar-refractivity contribution is 9.10. The third-order valence-corrected chi connectivity index (χ3v) is 2.42. The summed E-state index contributed by atoms with van der Waals surface area (Å²) in [6.45, 7) is 4.87. The van der Waals surface area contributed by atoms with Gasteiger partial charge in [0.25, 0.3) is 0 Å². The average Bonchev–Trinajstić information content (AvgIpc) is 2.16. The zero-order valence-electron chi connectivity index (χ0n) is 10.6. The van der Waals surface area contributed by atoms with Crippen LogP contribution in [0.2, 0.25) is 0 Å². The Morgan fingerprint density at radius 3 is 2.32 bits per heavy atom. The molecule has 0 bridgehead atoms. The SMILES string of the molecule is CC(C)(C)OC(=O)Nc1ccc(Br)cc1C(F)(F)F. The van der Waals surface area contributed by atoms with Gasteiger partial charge < -0.3 is 4.74 Å². The fourth-order valence-corrected chi connectivity index (χ4v) is 1.63. The third-order valence-electron chi connectivity index (χ3n) is 1.92. The molecule has 3 nitrogen and oxygen atoms in total. The van der Waals surface area contributed by atoms with Crippen molar-refractivity contribution in [1.29, 1.82) is 0 Å². The first kappa shape index (κ1) is 15.8. The highest BCUT2D eigenvalue weighted by Crippen LogP contribution is 2.36. The lowest BCUT2D eigenvalue weighted by Gasteiger charge is -2.21. The van der Waals surface area contributed by atoms with Gasteiger partial charge in [0, 0.05) is 4.47 Å². The smallest absolute Gasteiger partial charge is 0.418 e. The van der Waals surface area contributed by atoms with Crippen molar-refractivity contribution in [3.8, 4) is 0 Å². The standard InChI is InChI=1S/C12H13BrF3NO2/c1-11(2,3)19-10(18)17-9-5-4-7(13)6-8(9)12(14,15)16/h4-6H,1-3H3,(H,17,18). The molecule has 1 aromatic rings. The van der Waals surface area contributed by atoms with E-state index in [0.717, 1.165) is 12.1 Å². The number of carbonyl (C=O) groups excluding carboxylic acids is 1. The number of hydrogen-bond acceptors (Lipinski definition) is 2. The van der Waals surface area contributed by atoms with Gasteiger partial charge in [0.05, 0.1) is 11.3 Å². The lowest BCUT2D eigenvalue weighted by molar-refractivity contribution is -0.137. The third kappa shape index (κ3) is 5.10. The number of hydrogen-bond donors (Lipinski definition) is 1. The molecule has 0 saturated carbocycles. The van der Waals surface area contributed by atoms with Crippen LogP contribution in [0.3, 0.4) is 0 Å². The summed E-state index contributed by atoms with van der Waals surface area (Å²) in [6, 6.07) is 3.46. The molecule has 19 heavy (non-hydrogen) atoms. The topological polar surface area (TPSA) is 38.3 Å². The number of carbonyl (C=O) groups is 1. The van der Waals surface area contributed by atoms with Gasteiger partial charge in [-0.05, 0) is 39.0 Å². The summed E-state index contributed by atoms with van der Waals surface area (Å²) >= 11 is 2.96. The van der Waals surface area contributed by atoms with Crippen molar-refractivity contribution in [2.75, 3.05) is 5.32 Å². The van der Waals surface area contributed by atoms with Gasteiger partial charge in [0.1, 0.15) is 5.60 Å². The minimum absolute atomic E-state index is 0.273. The molecule has 0 spiro atoms. The molecule has 0 aliphatic carbocycles. The summed E-state index contributed by atoms with van der Waals surface area (Å²) in [5, 5.41) is 2.10. The van der Waals surface area contributed by atoms with E-state index in [1.807, 2.05) is 0 Å². The second kappa shape index (κ2) is 5.40. The predicted molar refractivity (Wildman–Crippen MR) is 69.0 cm³/mol. The number of anilines is 1. The molecule has 1 N–H and O–H groups in total. The molecular weight excluding hydrogens is 327 g/mol. The maximum atomic E-state index is 12.8. The Kier molecular flexibility index (Phi) is 4.50. The molecule has 1 amide bonds. The molecule has 0 aliphatic rings. The van der Waals surface area contributed by atoms with E-state index >= 15 is 0 Å². The van der Waals surface area contributed by atoms with Gasteiger partial charge in [-0.15, -0.1) is 0 Å². The monoisotopic (exact) mass is 339 g/mol. The number of amides is 1. The van der Waals surface area contributed by atoms with Crippen molar-refractivity contribution < 1.29 is 22.7 Å². The van der Waals surface area contributed by atoms with E-state index < -0.39 is 23.4 Å². The molecule has 0 radical (unpaired) electrons. The van der Waals surface area contributed by atoms with E-state index in [9.17, 15) is 18.0 Å². The van der Waals surface area contributed by atoms with Gasteiger partial charge in [0.2, 0.25) is 0 Å². The lowest BCUT2D eigenvalue weighted by atomic mass is 10.1. The van der Waals surface area contributed by atoms with Crippen molar-refractivity contribution in [1.82, 2.24) is 0 Å². The normalized spacial score (nSPS) is 12.2. The molecule has 106 valence electrons. The summed E-state index contributed by atoms with van der Waals surface area (Å²) in [5.74, 6) is 0. The fraction of sp³-hybridized carbons (Fsp3) is 0.417. The number of alkyl halides is 3. The number of halogens is 4. The van der Waals surface area contributed by atoms with E-state index in [1.165, 1.54) is 6.07 Å². The zero-order chi connectivity index (χ0) is 14.8. The molecule has 1 aromatic carbocycles. The van der Waals surface area contributed by atoms with Crippen LogP contribution in [0.1, 0.15) is 26.3 Å². The number of nitrogens with one attached hydrogen (secondary N) is 1. The van der Waals surface area contributed by atoms with Crippen LogP contribution in [-0.2, 0) is 10.9 Å². The zero-order valence-corrected chi connectivity index (χ0v) is 12.1. The summed E-state index contributed by atoms with van der Waals surface area (Å²) in [4.78, 5) is 11.5. The van der Waals surface area contributed by atoms with Crippen LogP contribution in [0.15, 0.2) is 22.7 Å². The Morgan fingerprint density at radius 1 is 1.26 bits per heavy atom. The van der Waals surface area contributed by atoms with Crippen molar-refractivity contribution in [2.45, 2.75) is 32.5 Å². The largest absolute Gasteiger partial charge is 0.444 e. The highest BCUT2D eigenvalue weighted by atomic mass is 79.9. The van der Waals surface area contributed by atoms with Crippen LogP contribution in [0.4, 0.5) is 23.7 Å². The highest BCUT2D eigenvalue weighted by Gasteiger charge is 2.34. The Balaban J connectivity index is 2.99. The fourth-order valence-electron chi connectivity index (χ4n) is 1.27. The summed E-state index contributed by atoms with van der Waals surface area (Å²) < 4.78 is 43.6. The van der Waals surface area contributed by atoms with E-state index in [0.29, 0.717) is 0 Å². The maximum Gasteiger partial charge on any atom is 0.418 e. The van der Waals surface area contributed by atoms with Gasteiger partial charge in [0.15, 0.2) is 0 Å². The van der Waals surface area contributed by atoms with Gasteiger partial charge in [-0.3, -0.25) is 5.32 Å². The van der Waals surface area contributed by atoms with Gasteiger partial charge in [-0.1, -0.05) is 15.9 Å². The molecule has 0 fully saturated rings. The molecule has 0 aliphatic heterocycles. The molecule has 7 heteroatoms. The van der Waals surface area contributed by atoms with Crippen LogP contribution in [0.25, 0.3) is 0 Å².